The summed E-state index contributed by atoms with van der Waals surface area (Å²) >= 11 is 3.49. The zero-order valence-electron chi connectivity index (χ0n) is 11.2. The first-order valence-electron chi connectivity index (χ1n) is 6.77. The number of fused-ring (bicyclic) bond motifs is 3. The molecule has 0 fully saturated rings. The minimum atomic E-state index is 0.135. The third-order valence-electron chi connectivity index (χ3n) is 3.61. The molecule has 0 amide bonds. The minimum Gasteiger partial charge on any atom is -0.290 e. The Hall–Kier alpha value is -1.78. The lowest BCUT2D eigenvalue weighted by Crippen LogP contribution is -1.82. The maximum Gasteiger partial charge on any atom is 0.182 e. The molecule has 0 atom stereocenters. The standard InChI is InChI=1S/C17H12NOS2/c19-14-8-4-7-12-13(14)9-15-16(12)18-17(21-15)20-10-11-5-2-1-3-6-11/h1-8H,9-10H2. The van der Waals surface area contributed by atoms with E-state index in [1.54, 1.807) is 29.2 Å². The second kappa shape index (κ2) is 5.20. The summed E-state index contributed by atoms with van der Waals surface area (Å²) in [5.41, 5.74) is 4.26. The van der Waals surface area contributed by atoms with Gasteiger partial charge in [-0.2, -0.15) is 0 Å². The van der Waals surface area contributed by atoms with Crippen molar-refractivity contribution in [2.75, 3.05) is 0 Å². The van der Waals surface area contributed by atoms with Crippen LogP contribution in [0.15, 0.2) is 52.9 Å². The van der Waals surface area contributed by atoms with Crippen molar-refractivity contribution in [1.82, 2.24) is 4.98 Å². The molecule has 103 valence electrons. The Morgan fingerprint density at radius 3 is 2.81 bits per heavy atom. The summed E-state index contributed by atoms with van der Waals surface area (Å²) in [4.78, 5) is 5.96. The summed E-state index contributed by atoms with van der Waals surface area (Å²) < 4.78 is 1.09. The number of rotatable bonds is 3. The van der Waals surface area contributed by atoms with Gasteiger partial charge in [-0.25, -0.2) is 4.98 Å². The molecule has 2 aromatic carbocycles. The van der Waals surface area contributed by atoms with E-state index < -0.39 is 0 Å². The molecule has 1 heterocycles. The van der Waals surface area contributed by atoms with Crippen LogP contribution in [0.1, 0.15) is 16.0 Å². The van der Waals surface area contributed by atoms with E-state index >= 15 is 0 Å². The first-order chi connectivity index (χ1) is 10.3. The van der Waals surface area contributed by atoms with E-state index in [1.165, 1.54) is 10.4 Å². The van der Waals surface area contributed by atoms with Crippen LogP contribution in [0.5, 0.6) is 5.75 Å². The van der Waals surface area contributed by atoms with Crippen LogP contribution in [-0.2, 0) is 17.3 Å². The van der Waals surface area contributed by atoms with Gasteiger partial charge in [0.1, 0.15) is 0 Å². The molecule has 0 saturated heterocycles. The Labute approximate surface area is 131 Å². The molecule has 1 aliphatic carbocycles. The largest absolute Gasteiger partial charge is 0.290 e. The summed E-state index contributed by atoms with van der Waals surface area (Å²) in [7, 11) is 0. The molecule has 2 nitrogen and oxygen atoms in total. The quantitative estimate of drug-likeness (QED) is 0.490. The zero-order chi connectivity index (χ0) is 14.2. The second-order valence-electron chi connectivity index (χ2n) is 4.98. The summed E-state index contributed by atoms with van der Waals surface area (Å²) in [6.07, 6.45) is 0.744. The molecule has 0 saturated carbocycles. The third-order valence-corrected chi connectivity index (χ3v) is 5.88. The topological polar surface area (TPSA) is 32.8 Å². The van der Waals surface area contributed by atoms with E-state index in [9.17, 15) is 5.11 Å². The van der Waals surface area contributed by atoms with Gasteiger partial charge in [-0.15, -0.1) is 11.3 Å². The number of hydrogen-bond acceptors (Lipinski definition) is 3. The van der Waals surface area contributed by atoms with Gasteiger partial charge in [0.2, 0.25) is 0 Å². The molecule has 4 heteroatoms. The molecule has 1 radical (unpaired) electrons. The van der Waals surface area contributed by atoms with Crippen LogP contribution in [0.25, 0.3) is 11.3 Å². The summed E-state index contributed by atoms with van der Waals surface area (Å²) in [6, 6.07) is 15.9. The van der Waals surface area contributed by atoms with E-state index in [4.69, 9.17) is 4.98 Å². The number of nitrogens with zero attached hydrogens (tertiary/aromatic N) is 1. The normalized spacial score (nSPS) is 12.2. The fourth-order valence-electron chi connectivity index (χ4n) is 2.57. The highest BCUT2D eigenvalue weighted by atomic mass is 32.2. The molecular formula is C17H12NOS2. The lowest BCUT2D eigenvalue weighted by Gasteiger charge is -2.00. The number of benzene rings is 2. The van der Waals surface area contributed by atoms with Crippen LogP contribution in [0.2, 0.25) is 0 Å². The van der Waals surface area contributed by atoms with Gasteiger partial charge in [-0.3, -0.25) is 5.11 Å². The average molecular weight is 310 g/mol. The van der Waals surface area contributed by atoms with Crippen molar-refractivity contribution >= 4 is 23.1 Å². The minimum absolute atomic E-state index is 0.135. The van der Waals surface area contributed by atoms with Gasteiger partial charge in [0.05, 0.1) is 5.69 Å². The summed E-state index contributed by atoms with van der Waals surface area (Å²) in [5.74, 6) is 1.07. The monoisotopic (exact) mass is 310 g/mol. The second-order valence-corrected chi connectivity index (χ2v) is 7.29. The van der Waals surface area contributed by atoms with Crippen LogP contribution >= 0.6 is 23.1 Å². The van der Waals surface area contributed by atoms with Gasteiger partial charge in [0.15, 0.2) is 10.1 Å². The van der Waals surface area contributed by atoms with E-state index in [0.717, 1.165) is 33.3 Å². The van der Waals surface area contributed by atoms with Crippen LogP contribution in [0.4, 0.5) is 0 Å². The van der Waals surface area contributed by atoms with Gasteiger partial charge in [0, 0.05) is 28.2 Å². The highest BCUT2D eigenvalue weighted by molar-refractivity contribution is 8.00. The predicted molar refractivity (Wildman–Crippen MR) is 86.5 cm³/mol. The number of aromatic nitrogens is 1. The number of hydrogen-bond donors (Lipinski definition) is 0. The first-order valence-corrected chi connectivity index (χ1v) is 8.57. The molecule has 0 aliphatic heterocycles. The van der Waals surface area contributed by atoms with Crippen molar-refractivity contribution in [1.29, 1.82) is 0 Å². The summed E-state index contributed by atoms with van der Waals surface area (Å²) in [6.45, 7) is 0. The van der Waals surface area contributed by atoms with Gasteiger partial charge in [-0.05, 0) is 11.6 Å². The van der Waals surface area contributed by atoms with E-state index in [2.05, 4.69) is 24.3 Å². The lowest BCUT2D eigenvalue weighted by atomic mass is 10.1. The van der Waals surface area contributed by atoms with Crippen LogP contribution in [-0.4, -0.2) is 4.98 Å². The molecule has 1 aromatic heterocycles. The lowest BCUT2D eigenvalue weighted by molar-refractivity contribution is 0.351. The van der Waals surface area contributed by atoms with Gasteiger partial charge < -0.3 is 0 Å². The molecule has 21 heavy (non-hydrogen) atoms. The maximum absolute atomic E-state index is 11.8. The molecule has 0 spiro atoms. The first kappa shape index (κ1) is 12.9. The van der Waals surface area contributed by atoms with Crippen molar-refractivity contribution in [3.8, 4) is 17.0 Å². The van der Waals surface area contributed by atoms with E-state index in [0.29, 0.717) is 0 Å². The van der Waals surface area contributed by atoms with Crippen molar-refractivity contribution in [2.45, 2.75) is 16.5 Å². The SMILES string of the molecule is [O]c1cccc2c1Cc1sc(SCc3ccccc3)nc1-2. The van der Waals surface area contributed by atoms with Crippen LogP contribution in [0, 0.1) is 0 Å². The Morgan fingerprint density at radius 2 is 1.95 bits per heavy atom. The van der Waals surface area contributed by atoms with Gasteiger partial charge in [0.25, 0.3) is 0 Å². The Bertz CT molecular complexity index is 796. The Morgan fingerprint density at radius 1 is 1.10 bits per heavy atom. The molecule has 0 bridgehead atoms. The van der Waals surface area contributed by atoms with Crippen molar-refractivity contribution in [2.24, 2.45) is 0 Å². The molecule has 4 rings (SSSR count). The number of thiazole rings is 1. The predicted octanol–water partition coefficient (Wildman–Crippen LogP) is 5.15. The van der Waals surface area contributed by atoms with Crippen LogP contribution < -0.4 is 0 Å². The molecule has 0 N–H and O–H groups in total. The fraction of sp³-hybridized carbons (Fsp3) is 0.118. The van der Waals surface area contributed by atoms with Crippen molar-refractivity contribution in [3.05, 3.63) is 64.5 Å². The highest BCUT2D eigenvalue weighted by Crippen LogP contribution is 2.45. The van der Waals surface area contributed by atoms with Gasteiger partial charge >= 0.3 is 0 Å². The third kappa shape index (κ3) is 2.34. The summed E-state index contributed by atoms with van der Waals surface area (Å²) in [5, 5.41) is 11.8. The molecule has 1 aliphatic rings. The molecular weight excluding hydrogens is 298 g/mol. The average Bonchev–Trinajstić information content (AvgIpc) is 3.05. The van der Waals surface area contributed by atoms with Crippen molar-refractivity contribution in [3.63, 3.8) is 0 Å². The Balaban J connectivity index is 1.58. The van der Waals surface area contributed by atoms with Gasteiger partial charge in [-0.1, -0.05) is 54.2 Å². The highest BCUT2D eigenvalue weighted by Gasteiger charge is 2.26. The fourth-order valence-corrected chi connectivity index (χ4v) is 4.74. The maximum atomic E-state index is 11.8. The Kier molecular flexibility index (Phi) is 3.20. The molecule has 3 aromatic rings. The van der Waals surface area contributed by atoms with Crippen LogP contribution in [0.3, 0.4) is 0 Å². The number of thioether (sulfide) groups is 1. The van der Waals surface area contributed by atoms with E-state index in [1.807, 2.05) is 18.2 Å². The van der Waals surface area contributed by atoms with E-state index in [-0.39, 0.29) is 5.75 Å². The zero-order valence-corrected chi connectivity index (χ0v) is 12.8. The van der Waals surface area contributed by atoms with Crippen molar-refractivity contribution < 1.29 is 5.11 Å². The smallest absolute Gasteiger partial charge is 0.182 e. The molecule has 0 unspecified atom stereocenters.